The quantitative estimate of drug-likeness (QED) is 0.781. The molecule has 25 heavy (non-hydrogen) atoms. The standard InChI is InChI=1S/C21H17NO3/c1-15-19(21(23)24-14-16-8-4-2-5-9-16)12-18(13-22)20(25-15)17-10-6-3-7-11-17/h2-11H,12,14H2,1H3. The van der Waals surface area contributed by atoms with Gasteiger partial charge in [-0.25, -0.2) is 4.79 Å². The van der Waals surface area contributed by atoms with Crippen molar-refractivity contribution >= 4 is 11.7 Å². The summed E-state index contributed by atoms with van der Waals surface area (Å²) in [5, 5.41) is 9.45. The number of hydrogen-bond acceptors (Lipinski definition) is 4. The Labute approximate surface area is 146 Å². The highest BCUT2D eigenvalue weighted by Gasteiger charge is 2.26. The SMILES string of the molecule is CC1=C(C(=O)OCc2ccccc2)CC(C#N)=C(c2ccccc2)O1. The van der Waals surface area contributed by atoms with E-state index in [1.165, 1.54) is 0 Å². The summed E-state index contributed by atoms with van der Waals surface area (Å²) in [5.41, 5.74) is 2.53. The number of allylic oxidation sites excluding steroid dienone is 2. The Bertz CT molecular complexity index is 874. The Kier molecular flexibility index (Phi) is 4.96. The van der Waals surface area contributed by atoms with Gasteiger partial charge < -0.3 is 9.47 Å². The minimum absolute atomic E-state index is 0.188. The van der Waals surface area contributed by atoms with Gasteiger partial charge in [-0.1, -0.05) is 60.7 Å². The fourth-order valence-corrected chi connectivity index (χ4v) is 2.60. The molecule has 4 nitrogen and oxygen atoms in total. The summed E-state index contributed by atoms with van der Waals surface area (Å²) in [4.78, 5) is 12.4. The van der Waals surface area contributed by atoms with Gasteiger partial charge in [-0.3, -0.25) is 0 Å². The summed E-state index contributed by atoms with van der Waals surface area (Å²) in [6.45, 7) is 1.91. The average molecular weight is 331 g/mol. The van der Waals surface area contributed by atoms with Crippen molar-refractivity contribution in [2.75, 3.05) is 0 Å². The molecule has 0 aromatic heterocycles. The molecule has 0 radical (unpaired) electrons. The molecule has 1 aliphatic heterocycles. The average Bonchev–Trinajstić information content (AvgIpc) is 2.67. The molecule has 3 rings (SSSR count). The van der Waals surface area contributed by atoms with Crippen LogP contribution in [-0.4, -0.2) is 5.97 Å². The Morgan fingerprint density at radius 1 is 1.12 bits per heavy atom. The molecule has 0 amide bonds. The van der Waals surface area contributed by atoms with Crippen LogP contribution in [0.3, 0.4) is 0 Å². The van der Waals surface area contributed by atoms with Gasteiger partial charge in [-0.2, -0.15) is 5.26 Å². The number of esters is 1. The summed E-state index contributed by atoms with van der Waals surface area (Å²) < 4.78 is 11.2. The topological polar surface area (TPSA) is 59.3 Å². The van der Waals surface area contributed by atoms with Gasteiger partial charge >= 0.3 is 5.97 Å². The summed E-state index contributed by atoms with van der Waals surface area (Å²) >= 11 is 0. The van der Waals surface area contributed by atoms with E-state index >= 15 is 0 Å². The Morgan fingerprint density at radius 2 is 1.76 bits per heavy atom. The number of rotatable bonds is 4. The first kappa shape index (κ1) is 16.5. The van der Waals surface area contributed by atoms with E-state index in [1.807, 2.05) is 60.7 Å². The molecule has 4 heteroatoms. The number of ether oxygens (including phenoxy) is 2. The highest BCUT2D eigenvalue weighted by molar-refractivity contribution is 5.91. The molecule has 2 aromatic rings. The number of hydrogen-bond donors (Lipinski definition) is 0. The van der Waals surface area contributed by atoms with Gasteiger partial charge in [0.25, 0.3) is 0 Å². The Balaban J connectivity index is 1.76. The zero-order valence-electron chi connectivity index (χ0n) is 13.9. The minimum Gasteiger partial charge on any atom is -0.460 e. The smallest absolute Gasteiger partial charge is 0.338 e. The van der Waals surface area contributed by atoms with Crippen LogP contribution in [0.15, 0.2) is 77.6 Å². The summed E-state index contributed by atoms with van der Waals surface area (Å²) in [6, 6.07) is 21.0. The largest absolute Gasteiger partial charge is 0.460 e. The van der Waals surface area contributed by atoms with Crippen molar-refractivity contribution in [1.29, 1.82) is 5.26 Å². The summed E-state index contributed by atoms with van der Waals surface area (Å²) in [5.74, 6) is 0.511. The van der Waals surface area contributed by atoms with Crippen LogP contribution in [-0.2, 0) is 20.9 Å². The van der Waals surface area contributed by atoms with Crippen LogP contribution in [0.4, 0.5) is 0 Å². The van der Waals surface area contributed by atoms with E-state index in [4.69, 9.17) is 9.47 Å². The maximum atomic E-state index is 12.4. The lowest BCUT2D eigenvalue weighted by molar-refractivity contribution is -0.140. The minimum atomic E-state index is -0.457. The molecule has 0 aliphatic carbocycles. The first-order valence-corrected chi connectivity index (χ1v) is 7.96. The molecule has 0 unspecified atom stereocenters. The molecule has 1 heterocycles. The van der Waals surface area contributed by atoms with Crippen LogP contribution in [0.5, 0.6) is 0 Å². The van der Waals surface area contributed by atoms with Gasteiger partial charge in [0.1, 0.15) is 18.1 Å². The van der Waals surface area contributed by atoms with E-state index in [1.54, 1.807) is 6.92 Å². The molecule has 124 valence electrons. The van der Waals surface area contributed by atoms with Crippen LogP contribution in [0, 0.1) is 11.3 Å². The van der Waals surface area contributed by atoms with Crippen molar-refractivity contribution in [3.05, 3.63) is 88.7 Å². The molecule has 0 saturated carbocycles. The van der Waals surface area contributed by atoms with Crippen molar-refractivity contribution in [1.82, 2.24) is 0 Å². The highest BCUT2D eigenvalue weighted by atomic mass is 16.5. The fraction of sp³-hybridized carbons (Fsp3) is 0.143. The molecule has 0 saturated heterocycles. The van der Waals surface area contributed by atoms with Gasteiger partial charge in [0.05, 0.1) is 17.2 Å². The van der Waals surface area contributed by atoms with Crippen LogP contribution in [0.2, 0.25) is 0 Å². The zero-order chi connectivity index (χ0) is 17.6. The number of nitrogens with zero attached hydrogens (tertiary/aromatic N) is 1. The van der Waals surface area contributed by atoms with Crippen LogP contribution >= 0.6 is 0 Å². The van der Waals surface area contributed by atoms with E-state index in [0.717, 1.165) is 11.1 Å². The highest BCUT2D eigenvalue weighted by Crippen LogP contribution is 2.33. The Hall–Kier alpha value is -3.32. The monoisotopic (exact) mass is 331 g/mol. The predicted octanol–water partition coefficient (Wildman–Crippen LogP) is 4.36. The lowest BCUT2D eigenvalue weighted by Crippen LogP contribution is -2.15. The molecule has 0 atom stereocenters. The van der Waals surface area contributed by atoms with Crippen molar-refractivity contribution < 1.29 is 14.3 Å². The first-order chi connectivity index (χ1) is 12.2. The normalized spacial score (nSPS) is 13.9. The van der Waals surface area contributed by atoms with Gasteiger partial charge in [-0.05, 0) is 12.5 Å². The second-order valence-corrected chi connectivity index (χ2v) is 5.66. The molecular weight excluding hydrogens is 314 g/mol. The zero-order valence-corrected chi connectivity index (χ0v) is 13.9. The van der Waals surface area contributed by atoms with Crippen molar-refractivity contribution in [2.45, 2.75) is 20.0 Å². The fourth-order valence-electron chi connectivity index (χ4n) is 2.60. The summed E-state index contributed by atoms with van der Waals surface area (Å²) in [7, 11) is 0. The first-order valence-electron chi connectivity index (χ1n) is 7.96. The third kappa shape index (κ3) is 3.78. The van der Waals surface area contributed by atoms with E-state index in [-0.39, 0.29) is 13.0 Å². The van der Waals surface area contributed by atoms with E-state index < -0.39 is 5.97 Å². The van der Waals surface area contributed by atoms with Crippen LogP contribution in [0.25, 0.3) is 5.76 Å². The van der Waals surface area contributed by atoms with Gasteiger partial charge in [0, 0.05) is 12.0 Å². The van der Waals surface area contributed by atoms with Crippen molar-refractivity contribution in [3.8, 4) is 6.07 Å². The molecular formula is C21H17NO3. The molecule has 0 bridgehead atoms. The third-order valence-corrected chi connectivity index (χ3v) is 3.94. The Morgan fingerprint density at radius 3 is 2.40 bits per heavy atom. The predicted molar refractivity (Wildman–Crippen MR) is 93.6 cm³/mol. The molecule has 0 fully saturated rings. The van der Waals surface area contributed by atoms with Crippen molar-refractivity contribution in [2.24, 2.45) is 0 Å². The van der Waals surface area contributed by atoms with Crippen molar-refractivity contribution in [3.63, 3.8) is 0 Å². The lowest BCUT2D eigenvalue weighted by atomic mass is 9.98. The third-order valence-electron chi connectivity index (χ3n) is 3.94. The molecule has 0 spiro atoms. The van der Waals surface area contributed by atoms with E-state index in [0.29, 0.717) is 22.7 Å². The number of carbonyl (C=O) groups is 1. The van der Waals surface area contributed by atoms with Gasteiger partial charge in [0.15, 0.2) is 0 Å². The van der Waals surface area contributed by atoms with Gasteiger partial charge in [0.2, 0.25) is 0 Å². The lowest BCUT2D eigenvalue weighted by Gasteiger charge is -2.21. The maximum Gasteiger partial charge on any atom is 0.338 e. The van der Waals surface area contributed by atoms with Crippen LogP contribution in [0.1, 0.15) is 24.5 Å². The van der Waals surface area contributed by atoms with Gasteiger partial charge in [-0.15, -0.1) is 0 Å². The molecule has 1 aliphatic rings. The van der Waals surface area contributed by atoms with E-state index in [2.05, 4.69) is 6.07 Å². The van der Waals surface area contributed by atoms with E-state index in [9.17, 15) is 10.1 Å². The second-order valence-electron chi connectivity index (χ2n) is 5.66. The molecule has 0 N–H and O–H groups in total. The maximum absolute atomic E-state index is 12.4. The number of carbonyl (C=O) groups excluding carboxylic acids is 1. The number of benzene rings is 2. The summed E-state index contributed by atoms with van der Waals surface area (Å²) in [6.07, 6.45) is 0.209. The molecule has 2 aromatic carbocycles. The van der Waals surface area contributed by atoms with Crippen LogP contribution < -0.4 is 0 Å². The number of nitriles is 1. The second kappa shape index (κ2) is 7.50.